The zero-order valence-electron chi connectivity index (χ0n) is 13.6. The lowest BCUT2D eigenvalue weighted by molar-refractivity contribution is -0.134. The molecule has 0 spiro atoms. The largest absolute Gasteiger partial charge is 0.340 e. The zero-order valence-corrected chi connectivity index (χ0v) is 14.4. The number of piperidine rings is 1. The van der Waals surface area contributed by atoms with Crippen LogP contribution in [0.3, 0.4) is 0 Å². The van der Waals surface area contributed by atoms with Crippen molar-refractivity contribution < 1.29 is 4.79 Å². The number of nitrogens with zero attached hydrogens (tertiary/aromatic N) is 3. The first-order valence-electron chi connectivity index (χ1n) is 8.42. The Morgan fingerprint density at radius 3 is 3.13 bits per heavy atom. The van der Waals surface area contributed by atoms with Gasteiger partial charge in [-0.25, -0.2) is 4.98 Å². The third kappa shape index (κ3) is 3.96. The summed E-state index contributed by atoms with van der Waals surface area (Å²) in [5, 5.41) is 3.08. The first-order chi connectivity index (χ1) is 11.3. The second-order valence-corrected chi connectivity index (χ2v) is 6.96. The van der Waals surface area contributed by atoms with Gasteiger partial charge in [0.15, 0.2) is 0 Å². The van der Waals surface area contributed by atoms with E-state index in [9.17, 15) is 4.79 Å². The number of amides is 1. The highest BCUT2D eigenvalue weighted by atomic mass is 32.1. The number of hydrogen-bond acceptors (Lipinski definition) is 4. The summed E-state index contributed by atoms with van der Waals surface area (Å²) in [6.45, 7) is 3.10. The molecule has 2 aromatic rings. The minimum absolute atomic E-state index is 0.287. The van der Waals surface area contributed by atoms with E-state index in [4.69, 9.17) is 0 Å². The van der Waals surface area contributed by atoms with Crippen LogP contribution < -0.4 is 0 Å². The molecule has 1 aliphatic heterocycles. The maximum Gasteiger partial charge on any atom is 0.223 e. The Kier molecular flexibility index (Phi) is 5.39. The Hall–Kier alpha value is -1.75. The summed E-state index contributed by atoms with van der Waals surface area (Å²) in [7, 11) is 0. The van der Waals surface area contributed by atoms with Crippen molar-refractivity contribution in [1.29, 1.82) is 0 Å². The smallest absolute Gasteiger partial charge is 0.223 e. The van der Waals surface area contributed by atoms with Crippen LogP contribution in [0, 0.1) is 0 Å². The van der Waals surface area contributed by atoms with Crippen LogP contribution in [0.1, 0.15) is 44.0 Å². The Balaban J connectivity index is 1.58. The first-order valence-corrected chi connectivity index (χ1v) is 9.30. The van der Waals surface area contributed by atoms with Gasteiger partial charge in [-0.1, -0.05) is 6.92 Å². The molecule has 1 aliphatic rings. The summed E-state index contributed by atoms with van der Waals surface area (Å²) >= 11 is 1.63. The Morgan fingerprint density at radius 1 is 1.43 bits per heavy atom. The van der Waals surface area contributed by atoms with Gasteiger partial charge in [0.05, 0.1) is 10.7 Å². The molecule has 0 radical (unpaired) electrons. The molecule has 1 fully saturated rings. The van der Waals surface area contributed by atoms with E-state index in [1.165, 1.54) is 6.42 Å². The lowest BCUT2D eigenvalue weighted by atomic mass is 9.99. The first kappa shape index (κ1) is 16.1. The molecule has 0 N–H and O–H groups in total. The van der Waals surface area contributed by atoms with Crippen LogP contribution in [0.2, 0.25) is 0 Å². The van der Waals surface area contributed by atoms with Crippen LogP contribution in [-0.2, 0) is 11.2 Å². The zero-order chi connectivity index (χ0) is 16.1. The second-order valence-electron chi connectivity index (χ2n) is 6.01. The van der Waals surface area contributed by atoms with Gasteiger partial charge in [-0.15, -0.1) is 11.3 Å². The minimum Gasteiger partial charge on any atom is -0.340 e. The second kappa shape index (κ2) is 7.68. The number of aryl methyl sites for hydroxylation is 1. The molecule has 122 valence electrons. The lowest BCUT2D eigenvalue weighted by Crippen LogP contribution is -2.43. The molecular formula is C18H23N3OS. The number of aromatic nitrogens is 2. The Morgan fingerprint density at radius 2 is 2.35 bits per heavy atom. The standard InChI is InChI=1S/C18H23N3OS/c1-2-15-7-3-4-11-21(15)18(22)9-8-17-20-16(13-23-17)14-6-5-10-19-12-14/h5-6,10,12-13,15H,2-4,7-9,11H2,1H3. The quantitative estimate of drug-likeness (QED) is 0.835. The molecular weight excluding hydrogens is 306 g/mol. The molecule has 23 heavy (non-hydrogen) atoms. The van der Waals surface area contributed by atoms with Gasteiger partial charge in [0.25, 0.3) is 0 Å². The molecule has 0 bridgehead atoms. The van der Waals surface area contributed by atoms with Crippen molar-refractivity contribution in [2.45, 2.75) is 51.5 Å². The van der Waals surface area contributed by atoms with Crippen molar-refractivity contribution in [3.8, 4) is 11.3 Å². The van der Waals surface area contributed by atoms with Crippen molar-refractivity contribution in [2.75, 3.05) is 6.54 Å². The van der Waals surface area contributed by atoms with E-state index in [0.717, 1.165) is 48.5 Å². The molecule has 2 aromatic heterocycles. The van der Waals surface area contributed by atoms with Gasteiger partial charge in [-0.2, -0.15) is 0 Å². The van der Waals surface area contributed by atoms with Gasteiger partial charge in [0.2, 0.25) is 5.91 Å². The third-order valence-electron chi connectivity index (χ3n) is 4.48. The van der Waals surface area contributed by atoms with E-state index in [-0.39, 0.29) is 5.91 Å². The van der Waals surface area contributed by atoms with Gasteiger partial charge in [0, 0.05) is 48.8 Å². The monoisotopic (exact) mass is 329 g/mol. The van der Waals surface area contributed by atoms with Gasteiger partial charge < -0.3 is 4.90 Å². The Bertz CT molecular complexity index is 641. The van der Waals surface area contributed by atoms with Crippen molar-refractivity contribution >= 4 is 17.2 Å². The number of carbonyl (C=O) groups excluding carboxylic acids is 1. The molecule has 5 heteroatoms. The molecule has 3 heterocycles. The summed E-state index contributed by atoms with van der Waals surface area (Å²) in [5.41, 5.74) is 1.98. The fourth-order valence-corrected chi connectivity index (χ4v) is 3.99. The number of thiazole rings is 1. The predicted molar refractivity (Wildman–Crippen MR) is 93.3 cm³/mol. The van der Waals surface area contributed by atoms with E-state index >= 15 is 0 Å². The molecule has 0 aliphatic carbocycles. The van der Waals surface area contributed by atoms with E-state index in [0.29, 0.717) is 12.5 Å². The molecule has 0 saturated carbocycles. The molecule has 3 rings (SSSR count). The number of hydrogen-bond donors (Lipinski definition) is 0. The summed E-state index contributed by atoms with van der Waals surface area (Å²) in [5.74, 6) is 0.287. The normalized spacial score (nSPS) is 18.1. The number of rotatable bonds is 5. The van der Waals surface area contributed by atoms with Crippen LogP contribution in [0.4, 0.5) is 0 Å². The van der Waals surface area contributed by atoms with Gasteiger partial charge in [-0.05, 0) is 37.8 Å². The highest BCUT2D eigenvalue weighted by molar-refractivity contribution is 7.09. The molecule has 4 nitrogen and oxygen atoms in total. The Labute approximate surface area is 141 Å². The SMILES string of the molecule is CCC1CCCCN1C(=O)CCc1nc(-c2cccnc2)cs1. The van der Waals surface area contributed by atoms with E-state index in [1.54, 1.807) is 17.5 Å². The molecule has 1 saturated heterocycles. The average Bonchev–Trinajstić information content (AvgIpc) is 3.09. The average molecular weight is 329 g/mol. The number of carbonyl (C=O) groups is 1. The van der Waals surface area contributed by atoms with Crippen LogP contribution in [-0.4, -0.2) is 33.4 Å². The van der Waals surface area contributed by atoms with E-state index in [2.05, 4.69) is 21.8 Å². The van der Waals surface area contributed by atoms with Crippen LogP contribution >= 0.6 is 11.3 Å². The van der Waals surface area contributed by atoms with E-state index in [1.807, 2.05) is 23.7 Å². The van der Waals surface area contributed by atoms with Crippen LogP contribution in [0.5, 0.6) is 0 Å². The molecule has 1 unspecified atom stereocenters. The highest BCUT2D eigenvalue weighted by Gasteiger charge is 2.24. The van der Waals surface area contributed by atoms with Crippen LogP contribution in [0.15, 0.2) is 29.9 Å². The number of likely N-dealkylation sites (tertiary alicyclic amines) is 1. The minimum atomic E-state index is 0.287. The molecule has 1 amide bonds. The van der Waals surface area contributed by atoms with Crippen LogP contribution in [0.25, 0.3) is 11.3 Å². The summed E-state index contributed by atoms with van der Waals surface area (Å²) < 4.78 is 0. The molecule has 1 atom stereocenters. The van der Waals surface area contributed by atoms with Gasteiger partial charge in [0.1, 0.15) is 0 Å². The summed E-state index contributed by atoms with van der Waals surface area (Å²) in [6.07, 6.45) is 9.50. The van der Waals surface area contributed by atoms with Gasteiger partial charge in [-0.3, -0.25) is 9.78 Å². The van der Waals surface area contributed by atoms with Crippen molar-refractivity contribution in [1.82, 2.24) is 14.9 Å². The van der Waals surface area contributed by atoms with Crippen molar-refractivity contribution in [3.05, 3.63) is 34.9 Å². The molecule has 0 aromatic carbocycles. The fraction of sp³-hybridized carbons (Fsp3) is 0.500. The summed E-state index contributed by atoms with van der Waals surface area (Å²) in [4.78, 5) is 23.4. The van der Waals surface area contributed by atoms with Gasteiger partial charge >= 0.3 is 0 Å². The highest BCUT2D eigenvalue weighted by Crippen LogP contribution is 2.23. The van der Waals surface area contributed by atoms with Crippen molar-refractivity contribution in [2.24, 2.45) is 0 Å². The predicted octanol–water partition coefficient (Wildman–Crippen LogP) is 3.93. The maximum atomic E-state index is 12.5. The topological polar surface area (TPSA) is 46.1 Å². The fourth-order valence-electron chi connectivity index (χ4n) is 3.18. The van der Waals surface area contributed by atoms with E-state index < -0.39 is 0 Å². The number of pyridine rings is 1. The summed E-state index contributed by atoms with van der Waals surface area (Å²) in [6, 6.07) is 4.37. The lowest BCUT2D eigenvalue weighted by Gasteiger charge is -2.35. The third-order valence-corrected chi connectivity index (χ3v) is 5.39. The van der Waals surface area contributed by atoms with Crippen molar-refractivity contribution in [3.63, 3.8) is 0 Å². The maximum absolute atomic E-state index is 12.5.